The topological polar surface area (TPSA) is 58.0 Å². The summed E-state index contributed by atoms with van der Waals surface area (Å²) in [5.74, 6) is 0.596. The Bertz CT molecular complexity index is 293. The summed E-state index contributed by atoms with van der Waals surface area (Å²) < 4.78 is 0. The van der Waals surface area contributed by atoms with Crippen molar-refractivity contribution in [2.45, 2.75) is 19.8 Å². The highest BCUT2D eigenvalue weighted by Crippen LogP contribution is 2.22. The van der Waals surface area contributed by atoms with Gasteiger partial charge in [0.15, 0.2) is 0 Å². The molecule has 0 saturated heterocycles. The van der Waals surface area contributed by atoms with E-state index in [1.807, 2.05) is 0 Å². The van der Waals surface area contributed by atoms with Crippen LogP contribution in [0.5, 0.6) is 0 Å². The molecule has 0 bridgehead atoms. The lowest BCUT2D eigenvalue weighted by molar-refractivity contribution is 0.311. The molecule has 0 aliphatic rings. The van der Waals surface area contributed by atoms with Gasteiger partial charge in [0.25, 0.3) is 0 Å². The molecule has 0 fully saturated rings. The molecule has 14 heavy (non-hydrogen) atoms. The maximum atomic E-state index is 8.64. The fraction of sp³-hybridized carbons (Fsp3) is 0.556. The number of aliphatic hydroxyl groups is 1. The Labute approximate surface area is 88.3 Å². The van der Waals surface area contributed by atoms with Crippen molar-refractivity contribution in [3.63, 3.8) is 0 Å². The fourth-order valence-electron chi connectivity index (χ4n) is 1.11. The zero-order chi connectivity index (χ0) is 10.4. The van der Waals surface area contributed by atoms with E-state index in [-0.39, 0.29) is 6.61 Å². The van der Waals surface area contributed by atoms with Crippen molar-refractivity contribution in [1.29, 1.82) is 0 Å². The lowest BCUT2D eigenvalue weighted by Gasteiger charge is -2.07. The number of hydrogen-bond donors (Lipinski definition) is 2. The van der Waals surface area contributed by atoms with E-state index in [0.717, 1.165) is 18.5 Å². The predicted octanol–water partition coefficient (Wildman–Crippen LogP) is 1.49. The first kappa shape index (κ1) is 11.2. The third-order valence-corrected chi connectivity index (χ3v) is 2.15. The molecule has 1 rings (SSSR count). The minimum absolute atomic E-state index is 0.0590. The zero-order valence-electron chi connectivity index (χ0n) is 8.13. The molecule has 0 amide bonds. The first-order valence-electron chi connectivity index (χ1n) is 4.63. The van der Waals surface area contributed by atoms with E-state index in [4.69, 9.17) is 16.7 Å². The molecule has 0 atom stereocenters. The predicted molar refractivity (Wildman–Crippen MR) is 56.6 cm³/mol. The second-order valence-corrected chi connectivity index (χ2v) is 3.26. The van der Waals surface area contributed by atoms with E-state index in [1.54, 1.807) is 0 Å². The molecule has 0 spiro atoms. The second kappa shape index (κ2) is 5.78. The van der Waals surface area contributed by atoms with Crippen molar-refractivity contribution in [3.8, 4) is 0 Å². The van der Waals surface area contributed by atoms with E-state index < -0.39 is 0 Å². The number of aryl methyl sites for hydroxylation is 1. The van der Waals surface area contributed by atoms with Crippen LogP contribution in [-0.2, 0) is 6.42 Å². The molecule has 0 aromatic carbocycles. The van der Waals surface area contributed by atoms with Gasteiger partial charge in [0.1, 0.15) is 17.2 Å². The third kappa shape index (κ3) is 2.82. The summed E-state index contributed by atoms with van der Waals surface area (Å²) in [6, 6.07) is 0. The molecule has 0 unspecified atom stereocenters. The molecule has 0 saturated carbocycles. The molecule has 2 N–H and O–H groups in total. The van der Waals surface area contributed by atoms with E-state index in [1.165, 1.54) is 6.33 Å². The van der Waals surface area contributed by atoms with E-state index in [0.29, 0.717) is 17.4 Å². The maximum absolute atomic E-state index is 8.64. The molecule has 4 nitrogen and oxygen atoms in total. The molecule has 1 aromatic rings. The normalized spacial score (nSPS) is 10.2. The van der Waals surface area contributed by atoms with Crippen molar-refractivity contribution in [2.24, 2.45) is 0 Å². The molecule has 5 heteroatoms. The van der Waals surface area contributed by atoms with Gasteiger partial charge in [-0.15, -0.1) is 0 Å². The van der Waals surface area contributed by atoms with Crippen LogP contribution < -0.4 is 5.32 Å². The Kier molecular flexibility index (Phi) is 4.62. The van der Waals surface area contributed by atoms with Crippen LogP contribution in [-0.4, -0.2) is 28.2 Å². The summed E-state index contributed by atoms with van der Waals surface area (Å²) in [5, 5.41) is 12.1. The van der Waals surface area contributed by atoms with Gasteiger partial charge in [-0.3, -0.25) is 0 Å². The molecular weight excluding hydrogens is 202 g/mol. The van der Waals surface area contributed by atoms with Crippen LogP contribution in [0.25, 0.3) is 0 Å². The Morgan fingerprint density at radius 1 is 1.50 bits per heavy atom. The lowest BCUT2D eigenvalue weighted by atomic mass is 10.2. The van der Waals surface area contributed by atoms with Gasteiger partial charge < -0.3 is 10.4 Å². The van der Waals surface area contributed by atoms with Crippen molar-refractivity contribution in [1.82, 2.24) is 9.97 Å². The molecule has 1 heterocycles. The molecule has 0 aliphatic heterocycles. The van der Waals surface area contributed by atoms with Gasteiger partial charge in [0, 0.05) is 6.54 Å². The van der Waals surface area contributed by atoms with Gasteiger partial charge in [-0.05, 0) is 6.42 Å². The number of nitrogens with zero attached hydrogens (tertiary/aromatic N) is 2. The standard InChI is InChI=1S/C9H14ClN3O/c1-2-3-7-8(10)9(11-4-5-14)13-6-12-7/h6,14H,2-5H2,1H3,(H,11,12,13). The highest BCUT2D eigenvalue weighted by Gasteiger charge is 2.07. The monoisotopic (exact) mass is 215 g/mol. The average Bonchev–Trinajstić information content (AvgIpc) is 2.20. The minimum atomic E-state index is 0.0590. The van der Waals surface area contributed by atoms with Gasteiger partial charge in [-0.2, -0.15) is 0 Å². The van der Waals surface area contributed by atoms with Crippen molar-refractivity contribution < 1.29 is 5.11 Å². The Morgan fingerprint density at radius 2 is 2.29 bits per heavy atom. The number of halogens is 1. The molecule has 1 aromatic heterocycles. The van der Waals surface area contributed by atoms with Crippen molar-refractivity contribution in [3.05, 3.63) is 17.0 Å². The Balaban J connectivity index is 2.78. The molecule has 0 aliphatic carbocycles. The highest BCUT2D eigenvalue weighted by atomic mass is 35.5. The van der Waals surface area contributed by atoms with E-state index in [9.17, 15) is 0 Å². The molecule has 0 radical (unpaired) electrons. The van der Waals surface area contributed by atoms with Crippen molar-refractivity contribution >= 4 is 17.4 Å². The SMILES string of the molecule is CCCc1ncnc(NCCO)c1Cl. The Morgan fingerprint density at radius 3 is 2.93 bits per heavy atom. The Hall–Kier alpha value is -0.870. The summed E-state index contributed by atoms with van der Waals surface area (Å²) in [7, 11) is 0. The first-order valence-corrected chi connectivity index (χ1v) is 5.01. The molecular formula is C9H14ClN3O. The zero-order valence-corrected chi connectivity index (χ0v) is 8.88. The van der Waals surface area contributed by atoms with Crippen LogP contribution in [0, 0.1) is 0 Å². The first-order chi connectivity index (χ1) is 6.79. The molecule has 78 valence electrons. The second-order valence-electron chi connectivity index (χ2n) is 2.88. The van der Waals surface area contributed by atoms with Crippen molar-refractivity contribution in [2.75, 3.05) is 18.5 Å². The van der Waals surface area contributed by atoms with Gasteiger partial charge >= 0.3 is 0 Å². The third-order valence-electron chi connectivity index (χ3n) is 1.75. The largest absolute Gasteiger partial charge is 0.395 e. The van der Waals surface area contributed by atoms with Crippen LogP contribution >= 0.6 is 11.6 Å². The van der Waals surface area contributed by atoms with Gasteiger partial charge in [-0.1, -0.05) is 24.9 Å². The number of nitrogens with one attached hydrogen (secondary N) is 1. The van der Waals surface area contributed by atoms with Gasteiger partial charge in [0.05, 0.1) is 12.3 Å². The highest BCUT2D eigenvalue weighted by molar-refractivity contribution is 6.33. The minimum Gasteiger partial charge on any atom is -0.395 e. The quantitative estimate of drug-likeness (QED) is 0.782. The lowest BCUT2D eigenvalue weighted by Crippen LogP contribution is -2.08. The number of aliphatic hydroxyl groups excluding tert-OH is 1. The van der Waals surface area contributed by atoms with Crippen LogP contribution in [0.4, 0.5) is 5.82 Å². The van der Waals surface area contributed by atoms with Crippen LogP contribution in [0.2, 0.25) is 5.02 Å². The van der Waals surface area contributed by atoms with Crippen LogP contribution in [0.15, 0.2) is 6.33 Å². The summed E-state index contributed by atoms with van der Waals surface area (Å²) in [6.07, 6.45) is 3.32. The van der Waals surface area contributed by atoms with Crippen LogP contribution in [0.3, 0.4) is 0 Å². The van der Waals surface area contributed by atoms with Crippen LogP contribution in [0.1, 0.15) is 19.0 Å². The number of aromatic nitrogens is 2. The summed E-state index contributed by atoms with van der Waals surface area (Å²) >= 11 is 6.05. The number of rotatable bonds is 5. The van der Waals surface area contributed by atoms with Gasteiger partial charge in [-0.25, -0.2) is 9.97 Å². The summed E-state index contributed by atoms with van der Waals surface area (Å²) in [5.41, 5.74) is 0.851. The average molecular weight is 216 g/mol. The number of anilines is 1. The van der Waals surface area contributed by atoms with Gasteiger partial charge in [0.2, 0.25) is 0 Å². The fourth-order valence-corrected chi connectivity index (χ4v) is 1.37. The summed E-state index contributed by atoms with van der Waals surface area (Å²) in [4.78, 5) is 8.08. The van der Waals surface area contributed by atoms with E-state index in [2.05, 4.69) is 22.2 Å². The summed E-state index contributed by atoms with van der Waals surface area (Å²) in [6.45, 7) is 2.57. The van der Waals surface area contributed by atoms with E-state index >= 15 is 0 Å². The smallest absolute Gasteiger partial charge is 0.148 e. The number of hydrogen-bond acceptors (Lipinski definition) is 4. The maximum Gasteiger partial charge on any atom is 0.148 e.